The molecule has 106 valence electrons. The van der Waals surface area contributed by atoms with Gasteiger partial charge < -0.3 is 4.90 Å². The van der Waals surface area contributed by atoms with E-state index in [9.17, 15) is 4.79 Å². The minimum Gasteiger partial charge on any atom is -0.346 e. The van der Waals surface area contributed by atoms with Crippen molar-refractivity contribution in [2.24, 2.45) is 0 Å². The van der Waals surface area contributed by atoms with E-state index in [4.69, 9.17) is 0 Å². The molecule has 0 aliphatic carbocycles. The largest absolute Gasteiger partial charge is 0.346 e. The van der Waals surface area contributed by atoms with E-state index < -0.39 is 0 Å². The van der Waals surface area contributed by atoms with Gasteiger partial charge in [0.25, 0.3) is 0 Å². The van der Waals surface area contributed by atoms with E-state index in [2.05, 4.69) is 35.6 Å². The second-order valence-electron chi connectivity index (χ2n) is 6.11. The Balaban J connectivity index is 2.06. The molecule has 1 aliphatic rings. The third-order valence-electron chi connectivity index (χ3n) is 3.60. The molecule has 0 atom stereocenters. The van der Waals surface area contributed by atoms with Gasteiger partial charge in [-0.2, -0.15) is 0 Å². The molecule has 1 aliphatic heterocycles. The zero-order valence-corrected chi connectivity index (χ0v) is 13.3. The number of thiazole rings is 1. The topological polar surface area (TPSA) is 36.4 Å². The van der Waals surface area contributed by atoms with E-state index >= 15 is 0 Å². The van der Waals surface area contributed by atoms with Gasteiger partial charge in [0.2, 0.25) is 0 Å². The molecule has 4 nitrogen and oxygen atoms in total. The molecule has 19 heavy (non-hydrogen) atoms. The van der Waals surface area contributed by atoms with E-state index in [1.54, 1.807) is 6.92 Å². The molecule has 0 spiro atoms. The first-order valence-electron chi connectivity index (χ1n) is 6.77. The fraction of sp³-hybridized carbons (Fsp3) is 0.714. The van der Waals surface area contributed by atoms with Gasteiger partial charge in [-0.15, -0.1) is 0 Å². The number of hydrogen-bond donors (Lipinski definition) is 0. The Kier molecular flexibility index (Phi) is 3.97. The van der Waals surface area contributed by atoms with Crippen LogP contribution in [0.2, 0.25) is 0 Å². The summed E-state index contributed by atoms with van der Waals surface area (Å²) in [7, 11) is 0. The molecule has 0 N–H and O–H groups in total. The van der Waals surface area contributed by atoms with Crippen molar-refractivity contribution in [2.75, 3.05) is 31.1 Å². The lowest BCUT2D eigenvalue weighted by Gasteiger charge is -2.42. The lowest BCUT2D eigenvalue weighted by Crippen LogP contribution is -2.53. The Hall–Kier alpha value is -0.940. The second kappa shape index (κ2) is 5.21. The van der Waals surface area contributed by atoms with Crippen LogP contribution in [0.4, 0.5) is 5.13 Å². The van der Waals surface area contributed by atoms with Gasteiger partial charge in [-0.05, 0) is 27.7 Å². The van der Waals surface area contributed by atoms with Crippen molar-refractivity contribution in [3.63, 3.8) is 0 Å². The lowest BCUT2D eigenvalue weighted by molar-refractivity contribution is 0.102. The van der Waals surface area contributed by atoms with Crippen molar-refractivity contribution in [2.45, 2.75) is 40.2 Å². The number of Topliss-reactive ketones (excluding diaryl/α,β-unsaturated/α-hetero) is 1. The number of piperazine rings is 1. The van der Waals surface area contributed by atoms with E-state index in [0.29, 0.717) is 0 Å². The van der Waals surface area contributed by atoms with Crippen LogP contribution in [0.5, 0.6) is 0 Å². The molecule has 0 amide bonds. The number of anilines is 1. The monoisotopic (exact) mass is 281 g/mol. The van der Waals surface area contributed by atoms with Crippen molar-refractivity contribution < 1.29 is 4.79 Å². The Morgan fingerprint density at radius 3 is 2.21 bits per heavy atom. The van der Waals surface area contributed by atoms with Crippen LogP contribution in [0.15, 0.2) is 0 Å². The van der Waals surface area contributed by atoms with E-state index in [1.807, 2.05) is 6.92 Å². The number of aromatic nitrogens is 1. The third kappa shape index (κ3) is 3.15. The van der Waals surface area contributed by atoms with Gasteiger partial charge in [-0.25, -0.2) is 4.98 Å². The normalized spacial score (nSPS) is 17.8. The molecule has 1 saturated heterocycles. The molecular formula is C14H23N3OS. The summed E-state index contributed by atoms with van der Waals surface area (Å²) in [5.41, 5.74) is 1.10. The van der Waals surface area contributed by atoms with Crippen molar-refractivity contribution in [1.82, 2.24) is 9.88 Å². The van der Waals surface area contributed by atoms with Gasteiger partial charge in [0, 0.05) is 38.6 Å². The van der Waals surface area contributed by atoms with E-state index in [0.717, 1.165) is 41.9 Å². The number of hydrogen-bond acceptors (Lipinski definition) is 5. The van der Waals surface area contributed by atoms with Gasteiger partial charge in [-0.3, -0.25) is 9.69 Å². The molecule has 1 fully saturated rings. The molecule has 1 aromatic heterocycles. The summed E-state index contributed by atoms with van der Waals surface area (Å²) in [4.78, 5) is 21.6. The SMILES string of the molecule is CC(=O)c1sc(N2CCN(C(C)(C)C)CC2)nc1C. The van der Waals surface area contributed by atoms with Crippen LogP contribution in [0.25, 0.3) is 0 Å². The number of nitrogens with zero attached hydrogens (tertiary/aromatic N) is 3. The zero-order valence-electron chi connectivity index (χ0n) is 12.5. The van der Waals surface area contributed by atoms with Crippen LogP contribution in [-0.4, -0.2) is 47.4 Å². The number of carbonyl (C=O) groups excluding carboxylic acids is 1. The van der Waals surface area contributed by atoms with Crippen molar-refractivity contribution in [3.8, 4) is 0 Å². The maximum Gasteiger partial charge on any atom is 0.186 e. The van der Waals surface area contributed by atoms with Gasteiger partial charge in [-0.1, -0.05) is 11.3 Å². The fourth-order valence-electron chi connectivity index (χ4n) is 2.41. The molecule has 2 heterocycles. The highest BCUT2D eigenvalue weighted by Crippen LogP contribution is 2.28. The smallest absolute Gasteiger partial charge is 0.186 e. The van der Waals surface area contributed by atoms with Crippen molar-refractivity contribution in [1.29, 1.82) is 0 Å². The number of rotatable bonds is 2. The predicted octanol–water partition coefficient (Wildman–Crippen LogP) is 2.57. The molecule has 0 radical (unpaired) electrons. The van der Waals surface area contributed by atoms with Gasteiger partial charge in [0.05, 0.1) is 10.6 Å². The number of aryl methyl sites for hydroxylation is 1. The Bertz CT molecular complexity index is 468. The molecular weight excluding hydrogens is 258 g/mol. The third-order valence-corrected chi connectivity index (χ3v) is 4.92. The predicted molar refractivity (Wildman–Crippen MR) is 80.4 cm³/mol. The molecule has 0 bridgehead atoms. The summed E-state index contributed by atoms with van der Waals surface area (Å²) in [5.74, 6) is 0.120. The summed E-state index contributed by atoms with van der Waals surface area (Å²) in [6, 6.07) is 0. The minimum absolute atomic E-state index is 0.120. The first-order valence-corrected chi connectivity index (χ1v) is 7.59. The maximum atomic E-state index is 11.5. The first kappa shape index (κ1) is 14.5. The molecule has 0 saturated carbocycles. The first-order chi connectivity index (χ1) is 8.79. The highest BCUT2D eigenvalue weighted by molar-refractivity contribution is 7.17. The van der Waals surface area contributed by atoms with Crippen molar-refractivity contribution in [3.05, 3.63) is 10.6 Å². The van der Waals surface area contributed by atoms with Crippen LogP contribution in [0.3, 0.4) is 0 Å². The Morgan fingerprint density at radius 1 is 1.21 bits per heavy atom. The van der Waals surface area contributed by atoms with Crippen molar-refractivity contribution >= 4 is 22.3 Å². The molecule has 2 rings (SSSR count). The van der Waals surface area contributed by atoms with Gasteiger partial charge >= 0.3 is 0 Å². The van der Waals surface area contributed by atoms with Crippen LogP contribution in [-0.2, 0) is 0 Å². The molecule has 0 unspecified atom stereocenters. The van der Waals surface area contributed by atoms with Gasteiger partial charge in [0.1, 0.15) is 0 Å². The summed E-state index contributed by atoms with van der Waals surface area (Å²) in [6.45, 7) is 14.4. The highest BCUT2D eigenvalue weighted by Gasteiger charge is 2.27. The zero-order chi connectivity index (χ0) is 14.2. The lowest BCUT2D eigenvalue weighted by atomic mass is 10.1. The average Bonchev–Trinajstić information content (AvgIpc) is 2.70. The standard InChI is InChI=1S/C14H23N3OS/c1-10-12(11(2)18)19-13(15-10)16-6-8-17(9-7-16)14(3,4)5/h6-9H2,1-5H3. The number of carbonyl (C=O) groups is 1. The molecule has 1 aromatic rings. The quantitative estimate of drug-likeness (QED) is 0.781. The Labute approximate surface area is 119 Å². The summed E-state index contributed by atoms with van der Waals surface area (Å²) in [5, 5.41) is 0.997. The number of ketones is 1. The van der Waals surface area contributed by atoms with Crippen LogP contribution in [0.1, 0.15) is 43.1 Å². The summed E-state index contributed by atoms with van der Waals surface area (Å²) in [6.07, 6.45) is 0. The molecule has 5 heteroatoms. The Morgan fingerprint density at radius 2 is 1.79 bits per heavy atom. The summed E-state index contributed by atoms with van der Waals surface area (Å²) < 4.78 is 0. The van der Waals surface area contributed by atoms with Crippen LogP contribution < -0.4 is 4.90 Å². The van der Waals surface area contributed by atoms with Gasteiger partial charge in [0.15, 0.2) is 10.9 Å². The highest BCUT2D eigenvalue weighted by atomic mass is 32.1. The maximum absolute atomic E-state index is 11.5. The average molecular weight is 281 g/mol. The van der Waals surface area contributed by atoms with Crippen LogP contribution >= 0.6 is 11.3 Å². The van der Waals surface area contributed by atoms with E-state index in [-0.39, 0.29) is 11.3 Å². The fourth-order valence-corrected chi connectivity index (χ4v) is 3.43. The molecule has 0 aromatic carbocycles. The summed E-state index contributed by atoms with van der Waals surface area (Å²) >= 11 is 1.53. The second-order valence-corrected chi connectivity index (χ2v) is 7.09. The minimum atomic E-state index is 0.120. The van der Waals surface area contributed by atoms with E-state index in [1.165, 1.54) is 11.3 Å². The van der Waals surface area contributed by atoms with Crippen LogP contribution in [0, 0.1) is 6.92 Å².